The van der Waals surface area contributed by atoms with E-state index in [1.807, 2.05) is 20.8 Å². The van der Waals surface area contributed by atoms with E-state index in [4.69, 9.17) is 13.8 Å². The summed E-state index contributed by atoms with van der Waals surface area (Å²) in [6.45, 7) is 5.97. The maximum absolute atomic E-state index is 12.8. The van der Waals surface area contributed by atoms with Crippen LogP contribution in [0.5, 0.6) is 5.75 Å². The summed E-state index contributed by atoms with van der Waals surface area (Å²) >= 11 is 0. The first kappa shape index (κ1) is 35.7. The van der Waals surface area contributed by atoms with Crippen LogP contribution in [0.25, 0.3) is 0 Å². The first-order valence-electron chi connectivity index (χ1n) is 14.2. The molecule has 3 aromatic rings. The van der Waals surface area contributed by atoms with E-state index < -0.39 is 26.0 Å². The van der Waals surface area contributed by atoms with Crippen LogP contribution in [0.1, 0.15) is 68.3 Å². The van der Waals surface area contributed by atoms with Crippen LogP contribution in [0.2, 0.25) is 0 Å². The van der Waals surface area contributed by atoms with Crippen molar-refractivity contribution in [3.05, 3.63) is 65.7 Å². The summed E-state index contributed by atoms with van der Waals surface area (Å²) in [6.07, 6.45) is 7.04. The standard InChI is InChI=1S/C29H36N4O6S.CH4O3S/c1-29(2,3)26-17-27(33-39-26)32-28(35)31-21-8-5-19(6-9-21)16-25(34)24-12-11-23(18-30-24)38-22-10-7-20(15-22)13-14-40(4,36)37;1-5(2,3)4/h5-6,8-9,11-12,17-18,20,22H,7,10,13-16H2,1-4H3,(H2,31,32,33,35);1H3,(H,2,3,4). The predicted octanol–water partition coefficient (Wildman–Crippen LogP) is 4.92. The number of Topliss-reactive ketones (excluding diaryl/α,β-unsaturated/α-hetero) is 1. The molecule has 0 saturated heterocycles. The molecular formula is C30H40N4O9S2. The molecule has 1 fully saturated rings. The molecule has 1 saturated carbocycles. The van der Waals surface area contributed by atoms with Crippen LogP contribution in [0.15, 0.2) is 53.2 Å². The largest absolute Gasteiger partial charge is 0.489 e. The number of amides is 2. The molecule has 0 spiro atoms. The fourth-order valence-electron chi connectivity index (χ4n) is 4.53. The summed E-state index contributed by atoms with van der Waals surface area (Å²) in [4.78, 5) is 29.3. The molecule has 0 radical (unpaired) electrons. The second-order valence-corrected chi connectivity index (χ2v) is 15.9. The van der Waals surface area contributed by atoms with Crippen LogP contribution in [0.4, 0.5) is 16.3 Å². The van der Waals surface area contributed by atoms with Gasteiger partial charge in [0.15, 0.2) is 11.6 Å². The van der Waals surface area contributed by atoms with Gasteiger partial charge >= 0.3 is 6.03 Å². The van der Waals surface area contributed by atoms with Gasteiger partial charge in [-0.3, -0.25) is 14.7 Å². The third-order valence-electron chi connectivity index (χ3n) is 6.78. The summed E-state index contributed by atoms with van der Waals surface area (Å²) in [5.74, 6) is 2.01. The molecule has 2 aromatic heterocycles. The highest BCUT2D eigenvalue weighted by Gasteiger charge is 2.27. The molecule has 2 atom stereocenters. The SMILES string of the molecule is CC(C)(C)c1cc(NC(=O)Nc2ccc(CC(=O)c3ccc(OC4CCC(CCS(C)(=O)=O)C4)cn3)cc2)no1.CS(=O)(=O)O. The van der Waals surface area contributed by atoms with Crippen LogP contribution >= 0.6 is 0 Å². The Morgan fingerprint density at radius 3 is 2.24 bits per heavy atom. The Bertz CT molecular complexity index is 1660. The van der Waals surface area contributed by atoms with E-state index in [0.29, 0.717) is 47.3 Å². The number of rotatable bonds is 10. The molecule has 4 rings (SSSR count). The molecule has 2 heterocycles. The number of carbonyl (C=O) groups excluding carboxylic acids is 2. The number of hydrogen-bond donors (Lipinski definition) is 3. The lowest BCUT2D eigenvalue weighted by molar-refractivity contribution is 0.0988. The lowest BCUT2D eigenvalue weighted by Gasteiger charge is -2.14. The van der Waals surface area contributed by atoms with Crippen LogP contribution in [-0.4, -0.2) is 67.7 Å². The molecule has 1 aromatic carbocycles. The van der Waals surface area contributed by atoms with Crippen LogP contribution in [-0.2, 0) is 31.8 Å². The Hall–Kier alpha value is -3.82. The molecule has 15 heteroatoms. The number of hydrogen-bond acceptors (Lipinski definition) is 10. The Morgan fingerprint density at radius 1 is 1.02 bits per heavy atom. The number of sulfone groups is 1. The number of ether oxygens (including phenoxy) is 1. The number of carbonyl (C=O) groups is 2. The third-order valence-corrected chi connectivity index (χ3v) is 7.76. The van der Waals surface area contributed by atoms with Crippen molar-refractivity contribution < 1.29 is 40.2 Å². The van der Waals surface area contributed by atoms with Crippen molar-refractivity contribution in [1.82, 2.24) is 10.1 Å². The monoisotopic (exact) mass is 664 g/mol. The van der Waals surface area contributed by atoms with Crippen molar-refractivity contribution >= 4 is 43.3 Å². The first-order valence-corrected chi connectivity index (χ1v) is 18.1. The van der Waals surface area contributed by atoms with Crippen molar-refractivity contribution in [1.29, 1.82) is 0 Å². The lowest BCUT2D eigenvalue weighted by atomic mass is 9.93. The zero-order valence-corrected chi connectivity index (χ0v) is 27.6. The summed E-state index contributed by atoms with van der Waals surface area (Å²) in [5, 5.41) is 9.25. The average molecular weight is 665 g/mol. The topological polar surface area (TPSA) is 195 Å². The molecule has 2 amide bonds. The van der Waals surface area contributed by atoms with Gasteiger partial charge in [-0.05, 0) is 61.4 Å². The van der Waals surface area contributed by atoms with Gasteiger partial charge < -0.3 is 14.6 Å². The van der Waals surface area contributed by atoms with E-state index in [9.17, 15) is 26.4 Å². The maximum atomic E-state index is 12.8. The molecular weight excluding hydrogens is 624 g/mol. The molecule has 13 nitrogen and oxygen atoms in total. The summed E-state index contributed by atoms with van der Waals surface area (Å²) in [5.41, 5.74) is 1.48. The summed E-state index contributed by atoms with van der Waals surface area (Å²) in [6, 6.07) is 11.6. The van der Waals surface area contributed by atoms with Gasteiger partial charge in [-0.2, -0.15) is 8.42 Å². The average Bonchev–Trinajstić information content (AvgIpc) is 3.57. The molecule has 246 valence electrons. The number of pyridine rings is 1. The quantitative estimate of drug-likeness (QED) is 0.197. The van der Waals surface area contributed by atoms with Crippen molar-refractivity contribution in [3.63, 3.8) is 0 Å². The van der Waals surface area contributed by atoms with Crippen molar-refractivity contribution in [2.75, 3.05) is 28.9 Å². The molecule has 2 unspecified atom stereocenters. The van der Waals surface area contributed by atoms with E-state index in [-0.39, 0.29) is 29.5 Å². The Labute approximate surface area is 263 Å². The third kappa shape index (κ3) is 13.4. The minimum atomic E-state index is -3.67. The van der Waals surface area contributed by atoms with Crippen molar-refractivity contribution in [3.8, 4) is 5.75 Å². The van der Waals surface area contributed by atoms with Crippen molar-refractivity contribution in [2.45, 2.75) is 64.4 Å². The Morgan fingerprint density at radius 2 is 1.69 bits per heavy atom. The van der Waals surface area contributed by atoms with E-state index >= 15 is 0 Å². The molecule has 3 N–H and O–H groups in total. The Balaban J connectivity index is 0.00000102. The smallest absolute Gasteiger partial charge is 0.324 e. The number of ketones is 1. The normalized spacial score (nSPS) is 16.8. The second kappa shape index (κ2) is 15.0. The van der Waals surface area contributed by atoms with E-state index in [0.717, 1.165) is 24.8 Å². The van der Waals surface area contributed by atoms with Gasteiger partial charge in [0.05, 0.1) is 24.3 Å². The second-order valence-electron chi connectivity index (χ2n) is 12.2. The molecule has 0 bridgehead atoms. The Kier molecular flexibility index (Phi) is 11.9. The van der Waals surface area contributed by atoms with Gasteiger partial charge in [0.25, 0.3) is 10.1 Å². The number of benzene rings is 1. The zero-order valence-electron chi connectivity index (χ0n) is 25.9. The lowest BCUT2D eigenvalue weighted by Crippen LogP contribution is -2.19. The summed E-state index contributed by atoms with van der Waals surface area (Å²) < 4.78 is 60.0. The number of nitrogens with one attached hydrogen (secondary N) is 2. The highest BCUT2D eigenvalue weighted by Crippen LogP contribution is 2.31. The van der Waals surface area contributed by atoms with Gasteiger partial charge in [-0.25, -0.2) is 18.2 Å². The van der Waals surface area contributed by atoms with E-state index in [1.54, 1.807) is 48.7 Å². The molecule has 45 heavy (non-hydrogen) atoms. The minimum Gasteiger partial charge on any atom is -0.489 e. The number of urea groups is 1. The van der Waals surface area contributed by atoms with Gasteiger partial charge in [0, 0.05) is 29.8 Å². The van der Waals surface area contributed by atoms with Gasteiger partial charge in [0.1, 0.15) is 27.0 Å². The number of nitrogens with zero attached hydrogens (tertiary/aromatic N) is 2. The van der Waals surface area contributed by atoms with E-state index in [2.05, 4.69) is 20.8 Å². The van der Waals surface area contributed by atoms with Gasteiger partial charge in [-0.15, -0.1) is 0 Å². The van der Waals surface area contributed by atoms with Gasteiger partial charge in [-0.1, -0.05) is 38.1 Å². The molecule has 1 aliphatic carbocycles. The van der Waals surface area contributed by atoms with Gasteiger partial charge in [0.2, 0.25) is 0 Å². The zero-order chi connectivity index (χ0) is 33.4. The van der Waals surface area contributed by atoms with Crippen LogP contribution < -0.4 is 15.4 Å². The highest BCUT2D eigenvalue weighted by molar-refractivity contribution is 7.90. The summed E-state index contributed by atoms with van der Waals surface area (Å²) in [7, 11) is -6.62. The van der Waals surface area contributed by atoms with Crippen LogP contribution in [0, 0.1) is 5.92 Å². The molecule has 1 aliphatic rings. The number of anilines is 2. The fraction of sp³-hybridized carbons (Fsp3) is 0.467. The predicted molar refractivity (Wildman–Crippen MR) is 170 cm³/mol. The highest BCUT2D eigenvalue weighted by atomic mass is 32.2. The maximum Gasteiger partial charge on any atom is 0.324 e. The van der Waals surface area contributed by atoms with Crippen molar-refractivity contribution in [2.24, 2.45) is 5.92 Å². The van der Waals surface area contributed by atoms with E-state index in [1.165, 1.54) is 6.26 Å². The minimum absolute atomic E-state index is 0.0269. The van der Waals surface area contributed by atoms with Crippen LogP contribution in [0.3, 0.4) is 0 Å². The first-order chi connectivity index (χ1) is 20.8. The number of aromatic nitrogens is 2. The molecule has 0 aliphatic heterocycles. The fourth-order valence-corrected chi connectivity index (χ4v) is 5.30.